The van der Waals surface area contributed by atoms with Crippen LogP contribution in [0.4, 0.5) is 4.39 Å². The van der Waals surface area contributed by atoms with Crippen molar-refractivity contribution in [1.29, 1.82) is 0 Å². The predicted octanol–water partition coefficient (Wildman–Crippen LogP) is 1.39. The Labute approximate surface area is 93.7 Å². The minimum atomic E-state index is -0.655. The Morgan fingerprint density at radius 2 is 2.31 bits per heavy atom. The Kier molecular flexibility index (Phi) is 2.06. The van der Waals surface area contributed by atoms with Crippen molar-refractivity contribution in [3.05, 3.63) is 29.8 Å². The molecule has 1 aromatic rings. The number of rotatable bonds is 2. The van der Waals surface area contributed by atoms with E-state index in [4.69, 9.17) is 0 Å². The molecule has 0 amide bonds. The number of nitrogens with zero attached hydrogens (tertiary/aromatic N) is 1. The second-order valence-corrected chi connectivity index (χ2v) is 5.28. The van der Waals surface area contributed by atoms with E-state index in [1.54, 1.807) is 0 Å². The van der Waals surface area contributed by atoms with E-state index >= 15 is 0 Å². The highest BCUT2D eigenvalue weighted by molar-refractivity contribution is 5.21. The van der Waals surface area contributed by atoms with Crippen molar-refractivity contribution < 1.29 is 9.50 Å². The van der Waals surface area contributed by atoms with Crippen molar-refractivity contribution in [3.8, 4) is 0 Å². The van der Waals surface area contributed by atoms with Crippen LogP contribution in [0.1, 0.15) is 31.4 Å². The SMILES string of the molecule is CC12CC(C1)[C@@H]([C@H](O)c1cncc(F)c1)N2. The largest absolute Gasteiger partial charge is 0.387 e. The minimum absolute atomic E-state index is 0.0496. The number of aliphatic hydroxyl groups excluding tert-OH is 1. The lowest BCUT2D eigenvalue weighted by Crippen LogP contribution is -2.40. The maximum Gasteiger partial charge on any atom is 0.141 e. The Balaban J connectivity index is 1.81. The lowest BCUT2D eigenvalue weighted by Gasteiger charge is -2.33. The van der Waals surface area contributed by atoms with Gasteiger partial charge in [-0.1, -0.05) is 0 Å². The maximum absolute atomic E-state index is 13.0. The molecule has 0 unspecified atom stereocenters. The van der Waals surface area contributed by atoms with Crippen molar-refractivity contribution in [3.63, 3.8) is 0 Å². The van der Waals surface area contributed by atoms with E-state index in [9.17, 15) is 9.50 Å². The van der Waals surface area contributed by atoms with E-state index in [0.29, 0.717) is 11.5 Å². The summed E-state index contributed by atoms with van der Waals surface area (Å²) in [6, 6.07) is 1.41. The molecule has 4 rings (SSSR count). The van der Waals surface area contributed by atoms with Crippen LogP contribution in [-0.2, 0) is 0 Å². The molecule has 2 bridgehead atoms. The fraction of sp³-hybridized carbons (Fsp3) is 0.583. The summed E-state index contributed by atoms with van der Waals surface area (Å²) < 4.78 is 13.0. The van der Waals surface area contributed by atoms with Gasteiger partial charge in [0, 0.05) is 23.3 Å². The number of aromatic nitrogens is 1. The highest BCUT2D eigenvalue weighted by atomic mass is 19.1. The van der Waals surface area contributed by atoms with E-state index in [-0.39, 0.29) is 11.6 Å². The second-order valence-electron chi connectivity index (χ2n) is 5.28. The van der Waals surface area contributed by atoms with Gasteiger partial charge in [-0.2, -0.15) is 0 Å². The van der Waals surface area contributed by atoms with Gasteiger partial charge >= 0.3 is 0 Å². The Morgan fingerprint density at radius 1 is 1.56 bits per heavy atom. The van der Waals surface area contributed by atoms with Gasteiger partial charge in [-0.3, -0.25) is 4.98 Å². The smallest absolute Gasteiger partial charge is 0.141 e. The zero-order valence-electron chi connectivity index (χ0n) is 9.15. The molecule has 3 nitrogen and oxygen atoms in total. The average molecular weight is 222 g/mol. The molecule has 1 aromatic heterocycles. The quantitative estimate of drug-likeness (QED) is 0.795. The van der Waals surface area contributed by atoms with Crippen molar-refractivity contribution in [2.24, 2.45) is 5.92 Å². The molecule has 2 N–H and O–H groups in total. The summed E-state index contributed by atoms with van der Waals surface area (Å²) in [7, 11) is 0. The van der Waals surface area contributed by atoms with E-state index in [1.165, 1.54) is 12.3 Å². The molecule has 1 aliphatic carbocycles. The van der Waals surface area contributed by atoms with Crippen LogP contribution in [0, 0.1) is 11.7 Å². The molecule has 4 heteroatoms. The summed E-state index contributed by atoms with van der Waals surface area (Å²) in [4.78, 5) is 3.77. The molecular weight excluding hydrogens is 207 g/mol. The number of nitrogens with one attached hydrogen (secondary N) is 1. The molecule has 16 heavy (non-hydrogen) atoms. The number of pyridine rings is 1. The summed E-state index contributed by atoms with van der Waals surface area (Å²) in [5.41, 5.74) is 0.755. The van der Waals surface area contributed by atoms with E-state index in [2.05, 4.69) is 17.2 Å². The van der Waals surface area contributed by atoms with Crippen LogP contribution in [0.3, 0.4) is 0 Å². The van der Waals surface area contributed by atoms with Crippen molar-refractivity contribution in [2.45, 2.75) is 37.5 Å². The van der Waals surface area contributed by atoms with Gasteiger partial charge in [-0.25, -0.2) is 4.39 Å². The lowest BCUT2D eigenvalue weighted by atomic mass is 9.72. The van der Waals surface area contributed by atoms with Gasteiger partial charge in [0.2, 0.25) is 0 Å². The molecule has 1 saturated carbocycles. The van der Waals surface area contributed by atoms with Gasteiger partial charge in [-0.15, -0.1) is 0 Å². The number of hydrogen-bond donors (Lipinski definition) is 2. The first-order valence-corrected chi connectivity index (χ1v) is 5.64. The molecular formula is C12H15FN2O. The molecule has 2 aliphatic heterocycles. The van der Waals surface area contributed by atoms with E-state index < -0.39 is 11.9 Å². The molecule has 3 fully saturated rings. The molecule has 0 aromatic carbocycles. The minimum Gasteiger partial charge on any atom is -0.387 e. The summed E-state index contributed by atoms with van der Waals surface area (Å²) in [5.74, 6) is 0.122. The van der Waals surface area contributed by atoms with Gasteiger partial charge in [-0.05, 0) is 31.7 Å². The van der Waals surface area contributed by atoms with Gasteiger partial charge in [0.15, 0.2) is 0 Å². The normalized spacial score (nSPS) is 38.2. The third kappa shape index (κ3) is 1.44. The fourth-order valence-electron chi connectivity index (χ4n) is 3.12. The summed E-state index contributed by atoms with van der Waals surface area (Å²) >= 11 is 0. The van der Waals surface area contributed by atoms with Crippen LogP contribution in [0.2, 0.25) is 0 Å². The van der Waals surface area contributed by atoms with Crippen molar-refractivity contribution in [1.82, 2.24) is 10.3 Å². The third-order valence-electron chi connectivity index (χ3n) is 3.86. The summed E-state index contributed by atoms with van der Waals surface area (Å²) in [6.07, 6.45) is 4.25. The maximum atomic E-state index is 13.0. The van der Waals surface area contributed by atoms with Gasteiger partial charge in [0.05, 0.1) is 12.3 Å². The van der Waals surface area contributed by atoms with Gasteiger partial charge in [0.25, 0.3) is 0 Å². The number of halogens is 1. The summed E-state index contributed by atoms with van der Waals surface area (Å²) in [5, 5.41) is 13.6. The van der Waals surface area contributed by atoms with Crippen LogP contribution in [0.25, 0.3) is 0 Å². The van der Waals surface area contributed by atoms with Crippen molar-refractivity contribution in [2.75, 3.05) is 0 Å². The lowest BCUT2D eigenvalue weighted by molar-refractivity contribution is 0.120. The molecule has 2 atom stereocenters. The molecule has 86 valence electrons. The Bertz CT molecular complexity index is 417. The number of fused-ring (bicyclic) bond motifs is 1. The average Bonchev–Trinajstić information content (AvgIpc) is 2.70. The predicted molar refractivity (Wildman–Crippen MR) is 57.2 cm³/mol. The van der Waals surface area contributed by atoms with Crippen LogP contribution in [0.5, 0.6) is 0 Å². The van der Waals surface area contributed by atoms with E-state index in [0.717, 1.165) is 19.0 Å². The molecule has 0 radical (unpaired) electrons. The molecule has 3 aliphatic rings. The zero-order chi connectivity index (χ0) is 11.3. The van der Waals surface area contributed by atoms with Crippen LogP contribution < -0.4 is 5.32 Å². The van der Waals surface area contributed by atoms with E-state index in [1.807, 2.05) is 0 Å². The van der Waals surface area contributed by atoms with Gasteiger partial charge in [0.1, 0.15) is 5.82 Å². The highest BCUT2D eigenvalue weighted by Crippen LogP contribution is 2.49. The summed E-state index contributed by atoms with van der Waals surface area (Å²) in [6.45, 7) is 2.17. The standard InChI is InChI=1S/C12H15FN2O/c1-12-3-8(4-12)10(15-12)11(16)7-2-9(13)6-14-5-7/h2,5-6,8,10-11,15-16H,3-4H2,1H3/t8?,10-,11+,12?/m0/s1. The van der Waals surface area contributed by atoms with Crippen LogP contribution in [-0.4, -0.2) is 21.7 Å². The Hall–Kier alpha value is -1.00. The number of aliphatic hydroxyl groups is 1. The molecule has 0 spiro atoms. The monoisotopic (exact) mass is 222 g/mol. The Morgan fingerprint density at radius 3 is 2.88 bits per heavy atom. The second kappa shape index (κ2) is 3.25. The molecule has 3 heterocycles. The van der Waals surface area contributed by atoms with Crippen LogP contribution >= 0.6 is 0 Å². The third-order valence-corrected chi connectivity index (χ3v) is 3.86. The topological polar surface area (TPSA) is 45.2 Å². The highest BCUT2D eigenvalue weighted by Gasteiger charge is 2.54. The first-order chi connectivity index (χ1) is 7.57. The fourth-order valence-corrected chi connectivity index (χ4v) is 3.12. The molecule has 2 saturated heterocycles. The first kappa shape index (κ1) is 10.2. The van der Waals surface area contributed by atoms with Gasteiger partial charge < -0.3 is 10.4 Å². The van der Waals surface area contributed by atoms with Crippen LogP contribution in [0.15, 0.2) is 18.5 Å². The zero-order valence-corrected chi connectivity index (χ0v) is 9.15. The number of hydrogen-bond acceptors (Lipinski definition) is 3. The first-order valence-electron chi connectivity index (χ1n) is 5.64. The van der Waals surface area contributed by atoms with Crippen molar-refractivity contribution >= 4 is 0 Å².